The van der Waals surface area contributed by atoms with Gasteiger partial charge in [0.25, 0.3) is 6.71 Å². The molecule has 2 nitrogen and oxygen atoms in total. The molecule has 0 aliphatic carbocycles. The van der Waals surface area contributed by atoms with Crippen molar-refractivity contribution in [2.24, 2.45) is 0 Å². The van der Waals surface area contributed by atoms with Gasteiger partial charge < -0.3 is 9.47 Å². The fraction of sp³-hybridized carbons (Fsp3) is 0.217. The number of benzene rings is 3. The first kappa shape index (κ1) is 11.8. The average molecular weight is 344 g/mol. The van der Waals surface area contributed by atoms with Crippen LogP contribution in [0.2, 0.25) is 0 Å². The van der Waals surface area contributed by atoms with E-state index in [4.69, 9.17) is 15.0 Å². The summed E-state index contributed by atoms with van der Waals surface area (Å²) in [5.41, 5.74) is 4.20. The molecule has 0 radical (unpaired) electrons. The standard InChI is InChI=1S/C23H21BO2/c1-14-11-20-22-21(12-14)26-19-10-9-15(23(2,3)4)13-17(19)24(22)16-7-5-6-8-18(16)25-20/h5-13H,1-4H3/i5D,6D,7D,8D. The summed E-state index contributed by atoms with van der Waals surface area (Å²) in [6.45, 7) is 8.00. The van der Waals surface area contributed by atoms with E-state index >= 15 is 0 Å². The Bertz CT molecular complexity index is 1250. The molecule has 26 heavy (non-hydrogen) atoms. The summed E-state index contributed by atoms with van der Waals surface area (Å²) in [5.74, 6) is 2.16. The number of rotatable bonds is 0. The van der Waals surface area contributed by atoms with Crippen LogP contribution in [0.5, 0.6) is 23.0 Å². The lowest BCUT2D eigenvalue weighted by atomic mass is 9.34. The zero-order chi connectivity index (χ0) is 21.5. The van der Waals surface area contributed by atoms with Crippen LogP contribution in [0.4, 0.5) is 0 Å². The second-order valence-corrected chi connectivity index (χ2v) is 8.06. The van der Waals surface area contributed by atoms with Crippen LogP contribution in [-0.2, 0) is 5.41 Å². The molecule has 0 unspecified atom stereocenters. The molecule has 3 heteroatoms. The second-order valence-electron chi connectivity index (χ2n) is 8.06. The number of para-hydroxylation sites is 1. The van der Waals surface area contributed by atoms with E-state index in [0.29, 0.717) is 22.7 Å². The van der Waals surface area contributed by atoms with Crippen LogP contribution in [0.15, 0.2) is 54.5 Å². The van der Waals surface area contributed by atoms with Crippen LogP contribution < -0.4 is 25.9 Å². The molecule has 3 aromatic carbocycles. The van der Waals surface area contributed by atoms with Gasteiger partial charge in [-0.1, -0.05) is 51.0 Å². The number of hydrogen-bond donors (Lipinski definition) is 0. The van der Waals surface area contributed by atoms with E-state index in [1.807, 2.05) is 25.1 Å². The maximum atomic E-state index is 8.63. The number of aryl methyl sites for hydroxylation is 1. The third-order valence-corrected chi connectivity index (χ3v) is 5.12. The van der Waals surface area contributed by atoms with Gasteiger partial charge in [0.1, 0.15) is 23.0 Å². The third-order valence-electron chi connectivity index (χ3n) is 5.12. The highest BCUT2D eigenvalue weighted by atomic mass is 16.5. The van der Waals surface area contributed by atoms with Gasteiger partial charge in [-0.3, -0.25) is 0 Å². The molecule has 0 N–H and O–H groups in total. The summed E-state index contributed by atoms with van der Waals surface area (Å²) < 4.78 is 45.7. The molecule has 5 rings (SSSR count). The van der Waals surface area contributed by atoms with Crippen molar-refractivity contribution in [3.05, 3.63) is 65.6 Å². The van der Waals surface area contributed by atoms with Gasteiger partial charge >= 0.3 is 0 Å². The summed E-state index contributed by atoms with van der Waals surface area (Å²) in [6, 6.07) is 9.21. The second kappa shape index (κ2) is 5.17. The minimum atomic E-state index is -0.383. The van der Waals surface area contributed by atoms with Crippen LogP contribution in [0.3, 0.4) is 0 Å². The van der Waals surface area contributed by atoms with E-state index in [-0.39, 0.29) is 42.0 Å². The summed E-state index contributed by atoms with van der Waals surface area (Å²) in [5, 5.41) is 0. The monoisotopic (exact) mass is 344 g/mol. The highest BCUT2D eigenvalue weighted by Crippen LogP contribution is 2.36. The number of fused-ring (bicyclic) bond motifs is 4. The van der Waals surface area contributed by atoms with Crippen molar-refractivity contribution in [1.82, 2.24) is 0 Å². The SMILES string of the molecule is [2H]c1c([2H])c([2H])c2c(c1[2H])Oc1cc(C)cc3c1B2c1cc(C(C)(C)C)ccc1O3. The zero-order valence-electron chi connectivity index (χ0n) is 19.3. The molecule has 2 aliphatic rings. The largest absolute Gasteiger partial charge is 0.458 e. The molecule has 0 saturated carbocycles. The van der Waals surface area contributed by atoms with E-state index in [1.54, 1.807) is 0 Å². The molecule has 2 heterocycles. The molecule has 128 valence electrons. The summed E-state index contributed by atoms with van der Waals surface area (Å²) in [4.78, 5) is 0. The highest BCUT2D eigenvalue weighted by molar-refractivity contribution is 6.98. The van der Waals surface area contributed by atoms with E-state index in [1.165, 1.54) is 0 Å². The fourth-order valence-corrected chi connectivity index (χ4v) is 3.80. The molecule has 0 bridgehead atoms. The minimum absolute atomic E-state index is 0.0674. The van der Waals surface area contributed by atoms with Gasteiger partial charge in [-0.25, -0.2) is 0 Å². The van der Waals surface area contributed by atoms with Crippen molar-refractivity contribution in [1.29, 1.82) is 0 Å². The predicted octanol–water partition coefficient (Wildman–Crippen LogP) is 4.02. The first-order valence-corrected chi connectivity index (χ1v) is 8.83. The normalized spacial score (nSPS) is 16.1. The van der Waals surface area contributed by atoms with Crippen molar-refractivity contribution in [3.8, 4) is 23.0 Å². The summed E-state index contributed by atoms with van der Waals surface area (Å²) in [6.07, 6.45) is 0. The average Bonchev–Trinajstić information content (AvgIpc) is 2.68. The molecule has 0 amide bonds. The van der Waals surface area contributed by atoms with Crippen molar-refractivity contribution in [2.75, 3.05) is 0 Å². The molecular formula is C23H21BO2. The maximum absolute atomic E-state index is 8.63. The Balaban J connectivity index is 1.89. The molecule has 3 aromatic rings. The van der Waals surface area contributed by atoms with Crippen molar-refractivity contribution in [3.63, 3.8) is 0 Å². The van der Waals surface area contributed by atoms with Crippen LogP contribution >= 0.6 is 0 Å². The first-order valence-electron chi connectivity index (χ1n) is 10.8. The molecule has 0 saturated heterocycles. The Kier molecular flexibility index (Phi) is 2.35. The highest BCUT2D eigenvalue weighted by Gasteiger charge is 2.40. The third kappa shape index (κ3) is 2.20. The lowest BCUT2D eigenvalue weighted by Crippen LogP contribution is -2.57. The molecular weight excluding hydrogens is 319 g/mol. The molecule has 0 fully saturated rings. The molecule has 0 atom stereocenters. The van der Waals surface area contributed by atoms with E-state index < -0.39 is 0 Å². The van der Waals surface area contributed by atoms with Gasteiger partial charge in [0.2, 0.25) is 0 Å². The Hall–Kier alpha value is -2.68. The number of ether oxygens (including phenoxy) is 2. The van der Waals surface area contributed by atoms with E-state index in [9.17, 15) is 0 Å². The smallest absolute Gasteiger partial charge is 0.260 e. The Morgan fingerprint density at radius 2 is 1.54 bits per heavy atom. The van der Waals surface area contributed by atoms with Crippen LogP contribution in [-0.4, -0.2) is 6.71 Å². The van der Waals surface area contributed by atoms with E-state index in [2.05, 4.69) is 32.9 Å². The summed E-state index contributed by atoms with van der Waals surface area (Å²) in [7, 11) is 0. The van der Waals surface area contributed by atoms with Gasteiger partial charge in [0.05, 0.1) is 5.48 Å². The fourth-order valence-electron chi connectivity index (χ4n) is 3.80. The Morgan fingerprint density at radius 1 is 0.846 bits per heavy atom. The van der Waals surface area contributed by atoms with Gasteiger partial charge in [0, 0.05) is 5.46 Å². The van der Waals surface area contributed by atoms with Crippen LogP contribution in [0, 0.1) is 6.92 Å². The quantitative estimate of drug-likeness (QED) is 0.395. The van der Waals surface area contributed by atoms with Crippen molar-refractivity contribution < 1.29 is 15.0 Å². The van der Waals surface area contributed by atoms with Crippen LogP contribution in [0.25, 0.3) is 0 Å². The topological polar surface area (TPSA) is 18.5 Å². The van der Waals surface area contributed by atoms with Gasteiger partial charge in [-0.15, -0.1) is 0 Å². The van der Waals surface area contributed by atoms with Gasteiger partial charge in [0.15, 0.2) is 0 Å². The van der Waals surface area contributed by atoms with E-state index in [0.717, 1.165) is 22.1 Å². The minimum Gasteiger partial charge on any atom is -0.458 e. The lowest BCUT2D eigenvalue weighted by Gasteiger charge is -2.34. The number of hydrogen-bond acceptors (Lipinski definition) is 2. The van der Waals surface area contributed by atoms with Crippen molar-refractivity contribution in [2.45, 2.75) is 33.1 Å². The van der Waals surface area contributed by atoms with Gasteiger partial charge in [-0.2, -0.15) is 0 Å². The van der Waals surface area contributed by atoms with Crippen LogP contribution in [0.1, 0.15) is 37.4 Å². The molecule has 0 spiro atoms. The molecule has 2 aliphatic heterocycles. The predicted molar refractivity (Wildman–Crippen MR) is 108 cm³/mol. The Labute approximate surface area is 160 Å². The molecule has 0 aromatic heterocycles. The first-order chi connectivity index (χ1) is 14.1. The van der Waals surface area contributed by atoms with Crippen molar-refractivity contribution >= 4 is 23.1 Å². The lowest BCUT2D eigenvalue weighted by molar-refractivity contribution is 0.463. The zero-order valence-corrected chi connectivity index (χ0v) is 15.3. The Morgan fingerprint density at radius 3 is 2.27 bits per heavy atom. The summed E-state index contributed by atoms with van der Waals surface area (Å²) >= 11 is 0. The van der Waals surface area contributed by atoms with Gasteiger partial charge in [-0.05, 0) is 58.6 Å². The maximum Gasteiger partial charge on any atom is 0.260 e.